The molecule has 0 aliphatic rings. The molecule has 0 unspecified atom stereocenters. The second kappa shape index (κ2) is 10.8. The van der Waals surface area contributed by atoms with E-state index in [2.05, 4.69) is 142 Å². The molecule has 6 aromatic carbocycles. The molecule has 2 aromatic heterocycles. The Balaban J connectivity index is 1.42. The lowest BCUT2D eigenvalue weighted by molar-refractivity contribution is 0.669. The Kier molecular flexibility index (Phi) is 6.79. The van der Waals surface area contributed by atoms with E-state index in [0.717, 1.165) is 49.4 Å². The predicted molar refractivity (Wildman–Crippen MR) is 204 cm³/mol. The van der Waals surface area contributed by atoms with Gasteiger partial charge in [0.25, 0.3) is 0 Å². The van der Waals surface area contributed by atoms with E-state index < -0.39 is 16.1 Å². The van der Waals surface area contributed by atoms with Gasteiger partial charge < -0.3 is 4.42 Å². The molecule has 0 bridgehead atoms. The molecule has 0 radical (unpaired) electrons. The summed E-state index contributed by atoms with van der Waals surface area (Å²) < 4.78 is 6.53. The van der Waals surface area contributed by atoms with Gasteiger partial charge in [-0.15, -0.1) is 0 Å². The van der Waals surface area contributed by atoms with Gasteiger partial charge in [0.1, 0.15) is 11.2 Å². The van der Waals surface area contributed by atoms with Gasteiger partial charge in [-0.05, 0) is 28.3 Å². The van der Waals surface area contributed by atoms with Crippen LogP contribution in [0.5, 0.6) is 0 Å². The fraction of sp³-hybridized carbons (Fsp3) is 0.146. The molecule has 0 aliphatic heterocycles. The van der Waals surface area contributed by atoms with Gasteiger partial charge in [0.2, 0.25) is 0 Å². The zero-order chi connectivity index (χ0) is 32.5. The van der Waals surface area contributed by atoms with Crippen molar-refractivity contribution in [2.45, 2.75) is 39.3 Å². The van der Waals surface area contributed by atoms with E-state index in [1.54, 1.807) is 0 Å². The molecule has 0 saturated heterocycles. The summed E-state index contributed by atoms with van der Waals surface area (Å²) in [4.78, 5) is 15.5. The first kappa shape index (κ1) is 29.5. The minimum atomic E-state index is -1.46. The Morgan fingerprint density at radius 3 is 1.57 bits per heavy atom. The molecule has 2 heterocycles. The van der Waals surface area contributed by atoms with Gasteiger partial charge in [-0.2, -0.15) is 0 Å². The zero-order valence-electron chi connectivity index (χ0n) is 27.7. The maximum Gasteiger partial charge on any atom is 0.164 e. The maximum absolute atomic E-state index is 6.53. The van der Waals surface area contributed by atoms with Crippen molar-refractivity contribution in [2.24, 2.45) is 0 Å². The summed E-state index contributed by atoms with van der Waals surface area (Å²) in [5.41, 5.74) is 4.59. The van der Waals surface area contributed by atoms with Crippen LogP contribution in [0.4, 0.5) is 0 Å². The van der Waals surface area contributed by atoms with E-state index in [4.69, 9.17) is 19.4 Å². The standard InChI is InChI=1S/C41H37N3OSi2/c1-46(2,3)29-20-15-27(16-21-29)39-42-40(28-17-22-30(23-18-28)47(4,5)6)44-41(43-39)34-25-36-38(33-13-9-10-14-35(33)45-36)37-31-12-8-7-11-26(31)19-24-32(34)37/h7-25H,1-6H3. The van der Waals surface area contributed by atoms with Crippen molar-refractivity contribution in [1.82, 2.24) is 15.0 Å². The van der Waals surface area contributed by atoms with Crippen LogP contribution in [0.1, 0.15) is 0 Å². The van der Waals surface area contributed by atoms with Gasteiger partial charge >= 0.3 is 0 Å². The highest BCUT2D eigenvalue weighted by molar-refractivity contribution is 6.89. The Morgan fingerprint density at radius 1 is 0.447 bits per heavy atom. The lowest BCUT2D eigenvalue weighted by Crippen LogP contribution is -2.37. The van der Waals surface area contributed by atoms with Crippen LogP contribution in [0.15, 0.2) is 120 Å². The molecule has 0 aliphatic carbocycles. The third kappa shape index (κ3) is 5.18. The van der Waals surface area contributed by atoms with Crippen LogP contribution < -0.4 is 10.4 Å². The molecule has 6 heteroatoms. The number of para-hydroxylation sites is 1. The minimum Gasteiger partial charge on any atom is -0.456 e. The zero-order valence-corrected chi connectivity index (χ0v) is 29.7. The Labute approximate surface area is 277 Å². The quantitative estimate of drug-likeness (QED) is 0.138. The highest BCUT2D eigenvalue weighted by atomic mass is 28.3. The third-order valence-electron chi connectivity index (χ3n) is 9.26. The van der Waals surface area contributed by atoms with Crippen molar-refractivity contribution in [3.05, 3.63) is 115 Å². The Morgan fingerprint density at radius 2 is 0.979 bits per heavy atom. The molecule has 230 valence electrons. The van der Waals surface area contributed by atoms with E-state index in [-0.39, 0.29) is 0 Å². The van der Waals surface area contributed by atoms with Gasteiger partial charge in [-0.25, -0.2) is 15.0 Å². The number of furan rings is 1. The smallest absolute Gasteiger partial charge is 0.164 e. The molecular weight excluding hydrogens is 607 g/mol. The topological polar surface area (TPSA) is 51.8 Å². The van der Waals surface area contributed by atoms with Crippen LogP contribution in [-0.4, -0.2) is 31.1 Å². The van der Waals surface area contributed by atoms with Crippen molar-refractivity contribution in [3.8, 4) is 34.2 Å². The van der Waals surface area contributed by atoms with Crippen molar-refractivity contribution >= 4 is 70.0 Å². The van der Waals surface area contributed by atoms with Crippen LogP contribution in [0.3, 0.4) is 0 Å². The summed E-state index contributed by atoms with van der Waals surface area (Å²) in [7, 11) is -2.92. The number of hydrogen-bond donors (Lipinski definition) is 0. The molecule has 0 N–H and O–H groups in total. The predicted octanol–water partition coefficient (Wildman–Crippen LogP) is 10.2. The number of aromatic nitrogens is 3. The first-order chi connectivity index (χ1) is 22.5. The van der Waals surface area contributed by atoms with Crippen molar-refractivity contribution < 1.29 is 4.42 Å². The summed E-state index contributed by atoms with van der Waals surface area (Å²) >= 11 is 0. The highest BCUT2D eigenvalue weighted by Crippen LogP contribution is 2.42. The van der Waals surface area contributed by atoms with Gasteiger partial charge in [-0.1, -0.05) is 153 Å². The molecular formula is C41H37N3OSi2. The molecule has 4 nitrogen and oxygen atoms in total. The SMILES string of the molecule is C[Si](C)(C)c1ccc(-c2nc(-c3ccc([Si](C)(C)C)cc3)nc(-c3cc4oc5ccccc5c4c4c3ccc3ccccc34)n2)cc1. The maximum atomic E-state index is 6.53. The van der Waals surface area contributed by atoms with Crippen LogP contribution >= 0.6 is 0 Å². The van der Waals surface area contributed by atoms with Crippen molar-refractivity contribution in [2.75, 3.05) is 0 Å². The number of hydrogen-bond acceptors (Lipinski definition) is 4. The molecule has 8 aromatic rings. The molecule has 8 rings (SSSR count). The largest absolute Gasteiger partial charge is 0.456 e. The monoisotopic (exact) mass is 643 g/mol. The average Bonchev–Trinajstić information content (AvgIpc) is 3.45. The molecule has 0 spiro atoms. The van der Waals surface area contributed by atoms with E-state index in [0.29, 0.717) is 17.5 Å². The van der Waals surface area contributed by atoms with Crippen LogP contribution in [0, 0.1) is 0 Å². The fourth-order valence-corrected chi connectivity index (χ4v) is 8.91. The first-order valence-electron chi connectivity index (χ1n) is 16.3. The number of nitrogens with zero attached hydrogens (tertiary/aromatic N) is 3. The van der Waals surface area contributed by atoms with Gasteiger partial charge in [-0.3, -0.25) is 0 Å². The third-order valence-corrected chi connectivity index (χ3v) is 13.4. The fourth-order valence-electron chi connectivity index (χ4n) is 6.58. The second-order valence-corrected chi connectivity index (χ2v) is 24.7. The van der Waals surface area contributed by atoms with Gasteiger partial charge in [0.15, 0.2) is 17.5 Å². The van der Waals surface area contributed by atoms with E-state index in [1.165, 1.54) is 21.1 Å². The van der Waals surface area contributed by atoms with Crippen LogP contribution in [0.2, 0.25) is 39.3 Å². The summed E-state index contributed by atoms with van der Waals surface area (Å²) in [6.07, 6.45) is 0. The van der Waals surface area contributed by atoms with Crippen LogP contribution in [0.25, 0.3) is 77.6 Å². The summed E-state index contributed by atoms with van der Waals surface area (Å²) in [5.74, 6) is 1.97. The molecule has 0 amide bonds. The normalized spacial score (nSPS) is 12.5. The molecule has 47 heavy (non-hydrogen) atoms. The molecule has 0 atom stereocenters. The number of rotatable bonds is 5. The van der Waals surface area contributed by atoms with E-state index >= 15 is 0 Å². The molecule has 0 saturated carbocycles. The Bertz CT molecular complexity index is 2390. The number of fused-ring (bicyclic) bond motifs is 7. The Hall–Kier alpha value is -4.92. The van der Waals surface area contributed by atoms with Gasteiger partial charge in [0.05, 0.1) is 16.1 Å². The average molecular weight is 644 g/mol. The summed E-state index contributed by atoms with van der Waals surface area (Å²) in [5, 5.41) is 9.66. The highest BCUT2D eigenvalue weighted by Gasteiger charge is 2.22. The van der Waals surface area contributed by atoms with E-state index in [9.17, 15) is 0 Å². The summed E-state index contributed by atoms with van der Waals surface area (Å²) in [6, 6.07) is 41.0. The van der Waals surface area contributed by atoms with Crippen molar-refractivity contribution in [3.63, 3.8) is 0 Å². The lowest BCUT2D eigenvalue weighted by Gasteiger charge is -2.17. The second-order valence-electron chi connectivity index (χ2n) is 14.6. The minimum absolute atomic E-state index is 0.635. The first-order valence-corrected chi connectivity index (χ1v) is 23.3. The van der Waals surface area contributed by atoms with Crippen molar-refractivity contribution in [1.29, 1.82) is 0 Å². The summed E-state index contributed by atoms with van der Waals surface area (Å²) in [6.45, 7) is 14.2. The lowest BCUT2D eigenvalue weighted by atomic mass is 9.94. The number of benzene rings is 6. The van der Waals surface area contributed by atoms with Gasteiger partial charge in [0, 0.05) is 32.8 Å². The van der Waals surface area contributed by atoms with Crippen LogP contribution in [-0.2, 0) is 0 Å². The molecule has 0 fully saturated rings. The van der Waals surface area contributed by atoms with E-state index in [1.807, 2.05) is 12.1 Å².